The molecule has 2 unspecified atom stereocenters. The van der Waals surface area contributed by atoms with E-state index in [4.69, 9.17) is 9.47 Å². The van der Waals surface area contributed by atoms with Crippen molar-refractivity contribution in [1.29, 1.82) is 0 Å². The monoisotopic (exact) mass is 676 g/mol. The molecule has 0 radical (unpaired) electrons. The molecule has 0 aliphatic heterocycles. The van der Waals surface area contributed by atoms with Gasteiger partial charge >= 0.3 is 11.9 Å². The minimum Gasteiger partial charge on any atom is -0.466 e. The molecule has 0 fully saturated rings. The lowest BCUT2D eigenvalue weighted by Gasteiger charge is -2.20. The highest BCUT2D eigenvalue weighted by Gasteiger charge is 2.11. The number of carbonyl (C=O) groups is 2. The van der Waals surface area contributed by atoms with Gasteiger partial charge in [0.15, 0.2) is 0 Å². The lowest BCUT2D eigenvalue weighted by Crippen LogP contribution is -2.25. The van der Waals surface area contributed by atoms with Crippen LogP contribution < -0.4 is 0 Å². The Morgan fingerprint density at radius 2 is 1.19 bits per heavy atom. The minimum atomic E-state index is -0.0460. The number of imidazole rings is 1. The highest BCUT2D eigenvalue weighted by molar-refractivity contribution is 5.69. The average Bonchev–Trinajstić information content (AvgIpc) is 3.41. The molecule has 48 heavy (non-hydrogen) atoms. The van der Waals surface area contributed by atoms with Crippen LogP contribution in [0.1, 0.15) is 158 Å². The number of nitrogens with zero attached hydrogens (tertiary/aromatic N) is 3. The Morgan fingerprint density at radius 3 is 1.50 bits per heavy atom. The van der Waals surface area contributed by atoms with Crippen molar-refractivity contribution in [2.24, 2.45) is 18.9 Å². The Morgan fingerprint density at radius 1 is 0.771 bits per heavy atom. The average molecular weight is 676 g/mol. The molecule has 1 aromatic heterocycles. The number of ether oxygens (including phenoxy) is 2. The van der Waals surface area contributed by atoms with Crippen molar-refractivity contribution < 1.29 is 19.1 Å². The molecule has 0 bridgehead atoms. The lowest BCUT2D eigenvalue weighted by atomic mass is 10.0. The maximum absolute atomic E-state index is 12.0. The van der Waals surface area contributed by atoms with Crippen molar-refractivity contribution in [3.8, 4) is 0 Å². The van der Waals surface area contributed by atoms with E-state index in [0.29, 0.717) is 37.9 Å². The molecule has 280 valence electrons. The molecule has 7 heteroatoms. The van der Waals surface area contributed by atoms with Crippen LogP contribution in [0, 0.1) is 18.8 Å². The van der Waals surface area contributed by atoms with Crippen LogP contribution in [-0.4, -0.2) is 59.2 Å². The number of rotatable bonds is 25. The molecule has 0 N–H and O–H groups in total. The predicted octanol–water partition coefficient (Wildman–Crippen LogP) is 10.8. The number of carbonyl (C=O) groups excluding carboxylic acids is 2. The first kappa shape index (κ1) is 47.7. The Kier molecular flexibility index (Phi) is 32.9. The number of unbranched alkanes of at least 4 members (excludes halogenated alkanes) is 6. The highest BCUT2D eigenvalue weighted by Crippen LogP contribution is 2.14. The van der Waals surface area contributed by atoms with Gasteiger partial charge in [-0.25, -0.2) is 4.98 Å². The van der Waals surface area contributed by atoms with E-state index >= 15 is 0 Å². The number of aryl methyl sites for hydroxylation is 2. The zero-order valence-corrected chi connectivity index (χ0v) is 33.4. The van der Waals surface area contributed by atoms with Crippen molar-refractivity contribution in [2.45, 2.75) is 159 Å². The van der Waals surface area contributed by atoms with Crippen LogP contribution in [-0.2, 0) is 26.1 Å². The molecular formula is C41H77N3O4. The molecule has 7 nitrogen and oxygen atoms in total. The molecule has 0 spiro atoms. The Hall–Kier alpha value is -2.41. The van der Waals surface area contributed by atoms with Gasteiger partial charge in [0.1, 0.15) is 5.82 Å². The molecule has 0 aliphatic rings. The summed E-state index contributed by atoms with van der Waals surface area (Å²) in [5, 5.41) is 0. The van der Waals surface area contributed by atoms with Gasteiger partial charge in [-0.2, -0.15) is 0 Å². The van der Waals surface area contributed by atoms with Gasteiger partial charge in [-0.1, -0.05) is 83.6 Å². The fourth-order valence-electron chi connectivity index (χ4n) is 5.03. The van der Waals surface area contributed by atoms with Crippen molar-refractivity contribution in [3.05, 3.63) is 41.5 Å². The number of hydrogen-bond donors (Lipinski definition) is 0. The summed E-state index contributed by atoms with van der Waals surface area (Å²) >= 11 is 0. The Bertz CT molecular complexity index is 888. The lowest BCUT2D eigenvalue weighted by molar-refractivity contribution is -0.145. The van der Waals surface area contributed by atoms with Crippen LogP contribution >= 0.6 is 0 Å². The zero-order valence-electron chi connectivity index (χ0n) is 33.4. The van der Waals surface area contributed by atoms with Gasteiger partial charge in [0.05, 0.1) is 13.2 Å². The van der Waals surface area contributed by atoms with Crippen LogP contribution in [0.15, 0.2) is 35.7 Å². The van der Waals surface area contributed by atoms with Crippen LogP contribution in [0.2, 0.25) is 0 Å². The van der Waals surface area contributed by atoms with Gasteiger partial charge in [0, 0.05) is 32.3 Å². The van der Waals surface area contributed by atoms with Gasteiger partial charge < -0.3 is 18.9 Å². The highest BCUT2D eigenvalue weighted by atomic mass is 16.5. The second-order valence-electron chi connectivity index (χ2n) is 13.6. The first-order chi connectivity index (χ1) is 22.9. The van der Waals surface area contributed by atoms with Crippen LogP contribution in [0.3, 0.4) is 0 Å². The van der Waals surface area contributed by atoms with Crippen molar-refractivity contribution >= 4 is 11.9 Å². The first-order valence-corrected chi connectivity index (χ1v) is 19.2. The Labute approximate surface area is 297 Å². The summed E-state index contributed by atoms with van der Waals surface area (Å²) in [5.74, 6) is 1.73. The van der Waals surface area contributed by atoms with E-state index in [0.717, 1.165) is 76.8 Å². The second kappa shape index (κ2) is 33.1. The SMILES string of the molecule is CC.CCN(CCCCCCOC(=O)CC(C)CCC=C(C)C)CCCCCCOC(=O)CC(C)CCC=C(C)C.Cc1nccn1C. The molecule has 2 atom stereocenters. The number of esters is 2. The van der Waals surface area contributed by atoms with E-state index in [1.54, 1.807) is 6.20 Å². The van der Waals surface area contributed by atoms with Gasteiger partial charge in [0.25, 0.3) is 0 Å². The third-order valence-electron chi connectivity index (χ3n) is 8.23. The molecule has 1 heterocycles. The topological polar surface area (TPSA) is 73.7 Å². The maximum Gasteiger partial charge on any atom is 0.306 e. The summed E-state index contributed by atoms with van der Waals surface area (Å²) in [6.07, 6.45) is 22.4. The van der Waals surface area contributed by atoms with E-state index in [1.165, 1.54) is 36.8 Å². The number of hydrogen-bond acceptors (Lipinski definition) is 6. The molecule has 0 aliphatic carbocycles. The van der Waals surface area contributed by atoms with Gasteiger partial charge in [-0.05, 0) is 117 Å². The van der Waals surface area contributed by atoms with Crippen molar-refractivity contribution in [3.63, 3.8) is 0 Å². The Balaban J connectivity index is 0. The molecule has 0 amide bonds. The van der Waals surface area contributed by atoms with E-state index in [2.05, 4.69) is 70.5 Å². The number of aromatic nitrogens is 2. The summed E-state index contributed by atoms with van der Waals surface area (Å²) in [7, 11) is 1.97. The third kappa shape index (κ3) is 32.2. The summed E-state index contributed by atoms with van der Waals surface area (Å²) in [6.45, 7) is 25.4. The molecule has 0 saturated carbocycles. The van der Waals surface area contributed by atoms with Crippen LogP contribution in [0.4, 0.5) is 0 Å². The normalized spacial score (nSPS) is 11.8. The van der Waals surface area contributed by atoms with Gasteiger partial charge in [0.2, 0.25) is 0 Å². The van der Waals surface area contributed by atoms with E-state index < -0.39 is 0 Å². The molecular weight excluding hydrogens is 598 g/mol. The molecule has 0 saturated heterocycles. The second-order valence-corrected chi connectivity index (χ2v) is 13.6. The van der Waals surface area contributed by atoms with Crippen LogP contribution in [0.5, 0.6) is 0 Å². The molecule has 0 aromatic carbocycles. The third-order valence-corrected chi connectivity index (χ3v) is 8.23. The van der Waals surface area contributed by atoms with Crippen molar-refractivity contribution in [1.82, 2.24) is 14.5 Å². The largest absolute Gasteiger partial charge is 0.466 e. The predicted molar refractivity (Wildman–Crippen MR) is 205 cm³/mol. The number of allylic oxidation sites excluding steroid dienone is 4. The van der Waals surface area contributed by atoms with E-state index in [-0.39, 0.29) is 11.9 Å². The summed E-state index contributed by atoms with van der Waals surface area (Å²) in [4.78, 5) is 30.5. The summed E-state index contributed by atoms with van der Waals surface area (Å²) in [6, 6.07) is 0. The quantitative estimate of drug-likeness (QED) is 0.0583. The first-order valence-electron chi connectivity index (χ1n) is 19.2. The van der Waals surface area contributed by atoms with E-state index in [1.807, 2.05) is 38.6 Å². The molecule has 1 aromatic rings. The van der Waals surface area contributed by atoms with Gasteiger partial charge in [-0.3, -0.25) is 9.59 Å². The standard InChI is InChI=1S/C34H63NO4.C5H8N2.C2H6/c1-8-35(23-13-9-11-15-25-38-33(36)27-31(6)21-17-19-29(2)3)24-14-10-12-16-26-39-34(37)28-32(7)22-18-20-30(4)5;1-5-6-3-4-7(5)2;1-2/h19-20,31-32H,8-18,21-28H2,1-7H3;3-4H,1-2H3;1-2H3. The smallest absolute Gasteiger partial charge is 0.306 e. The van der Waals surface area contributed by atoms with Crippen molar-refractivity contribution in [2.75, 3.05) is 32.8 Å². The zero-order chi connectivity index (χ0) is 36.6. The molecule has 1 rings (SSSR count). The fourth-order valence-corrected chi connectivity index (χ4v) is 5.03. The van der Waals surface area contributed by atoms with Gasteiger partial charge in [-0.15, -0.1) is 0 Å². The minimum absolute atomic E-state index is 0.0460. The maximum atomic E-state index is 12.0. The van der Waals surface area contributed by atoms with Crippen LogP contribution in [0.25, 0.3) is 0 Å². The summed E-state index contributed by atoms with van der Waals surface area (Å²) in [5.41, 5.74) is 2.68. The summed E-state index contributed by atoms with van der Waals surface area (Å²) < 4.78 is 12.9. The van der Waals surface area contributed by atoms with E-state index in [9.17, 15) is 9.59 Å². The fraction of sp³-hybridized carbons (Fsp3) is 0.780.